The highest BCUT2D eigenvalue weighted by Crippen LogP contribution is 2.46. The molecule has 2 heterocycles. The number of fused-ring (bicyclic) bond motifs is 1. The van der Waals surface area contributed by atoms with Crippen molar-refractivity contribution in [3.05, 3.63) is 42.1 Å². The Morgan fingerprint density at radius 1 is 1.10 bits per heavy atom. The molecule has 14 nitrogen and oxygen atoms in total. The van der Waals surface area contributed by atoms with Gasteiger partial charge >= 0.3 is 6.09 Å². The van der Waals surface area contributed by atoms with Crippen LogP contribution in [0.3, 0.4) is 0 Å². The van der Waals surface area contributed by atoms with Crippen molar-refractivity contribution in [2.24, 2.45) is 11.3 Å². The van der Waals surface area contributed by atoms with E-state index in [-0.39, 0.29) is 25.3 Å². The summed E-state index contributed by atoms with van der Waals surface area (Å²) >= 11 is 6.34. The topological polar surface area (TPSA) is 182 Å². The van der Waals surface area contributed by atoms with E-state index in [4.69, 9.17) is 25.8 Å². The molecular formula is C35H46ClN5O9S. The van der Waals surface area contributed by atoms with E-state index in [0.29, 0.717) is 34.4 Å². The molecule has 1 aromatic heterocycles. The van der Waals surface area contributed by atoms with Crippen LogP contribution in [-0.4, -0.2) is 90.3 Å². The number of carbonyl (C=O) groups excluding carboxylic acids is 4. The Hall–Kier alpha value is -4.11. The molecule has 2 aromatic rings. The van der Waals surface area contributed by atoms with Crippen LogP contribution in [0.25, 0.3) is 10.8 Å². The van der Waals surface area contributed by atoms with Crippen molar-refractivity contribution in [1.82, 2.24) is 25.2 Å². The molecule has 4 amide bonds. The van der Waals surface area contributed by atoms with E-state index in [1.807, 2.05) is 0 Å². The minimum atomic E-state index is -3.91. The molecule has 5 atom stereocenters. The third kappa shape index (κ3) is 8.19. The monoisotopic (exact) mass is 747 g/mol. The fourth-order valence-corrected chi connectivity index (χ4v) is 7.87. The number of hydrogen-bond acceptors (Lipinski definition) is 10. The Kier molecular flexibility index (Phi) is 10.3. The summed E-state index contributed by atoms with van der Waals surface area (Å²) in [6.07, 6.45) is 2.46. The van der Waals surface area contributed by atoms with E-state index in [2.05, 4.69) is 26.9 Å². The molecule has 1 aliphatic heterocycles. The molecule has 0 radical (unpaired) electrons. The summed E-state index contributed by atoms with van der Waals surface area (Å²) in [5, 5.41) is 6.42. The van der Waals surface area contributed by atoms with Gasteiger partial charge in [0.2, 0.25) is 27.7 Å². The minimum Gasteiger partial charge on any atom is -0.495 e. The summed E-state index contributed by atoms with van der Waals surface area (Å²) in [4.78, 5) is 60.8. The Labute approximate surface area is 303 Å². The summed E-state index contributed by atoms with van der Waals surface area (Å²) in [7, 11) is -2.41. The first-order valence-corrected chi connectivity index (χ1v) is 18.7. The zero-order chi connectivity index (χ0) is 37.7. The lowest BCUT2D eigenvalue weighted by Gasteiger charge is -2.36. The second-order valence-corrected chi connectivity index (χ2v) is 17.8. The number of alkyl carbamates (subject to hydrolysis) is 1. The fourth-order valence-electron chi connectivity index (χ4n) is 6.27. The number of sulfonamides is 1. The average molecular weight is 748 g/mol. The van der Waals surface area contributed by atoms with Gasteiger partial charge in [-0.05, 0) is 63.6 Å². The fraction of sp³-hybridized carbons (Fsp3) is 0.571. The van der Waals surface area contributed by atoms with Gasteiger partial charge in [-0.15, -0.1) is 6.58 Å². The van der Waals surface area contributed by atoms with Gasteiger partial charge in [-0.3, -0.25) is 19.1 Å². The molecule has 278 valence electrons. The van der Waals surface area contributed by atoms with Crippen LogP contribution in [-0.2, 0) is 29.1 Å². The van der Waals surface area contributed by atoms with Gasteiger partial charge in [0, 0.05) is 29.3 Å². The molecule has 3 fully saturated rings. The molecule has 5 rings (SSSR count). The lowest BCUT2D eigenvalue weighted by Crippen LogP contribution is -2.60. The first kappa shape index (κ1) is 38.1. The van der Waals surface area contributed by atoms with Crippen LogP contribution in [0.1, 0.15) is 67.2 Å². The second kappa shape index (κ2) is 13.8. The van der Waals surface area contributed by atoms with Gasteiger partial charge in [-0.25, -0.2) is 18.2 Å². The standard InChI is InChI=1S/C35H46ClN5O9S/c1-9-19-17-35(19,31(44)40-51(46,47)21-10-11-21)39-28(42)25-16-20(49-29-23-12-13-24(36)26(48-8)22(23)14-15-37-29)18-41(25)30(43)27(33(2,3)4)38-32(45)50-34(5,6)7/h9,12-15,19-21,25,27H,1,10-11,16-18H2,2-8H3,(H,38,45)(H,39,42)(H,40,44). The van der Waals surface area contributed by atoms with Gasteiger partial charge in [0.05, 0.1) is 23.9 Å². The summed E-state index contributed by atoms with van der Waals surface area (Å²) in [5.41, 5.74) is -3.24. The predicted molar refractivity (Wildman–Crippen MR) is 190 cm³/mol. The summed E-state index contributed by atoms with van der Waals surface area (Å²) in [6, 6.07) is 2.79. The number of ether oxygens (including phenoxy) is 3. The molecule has 2 aliphatic carbocycles. The number of halogens is 1. The minimum absolute atomic E-state index is 0.0134. The van der Waals surface area contributed by atoms with Crippen molar-refractivity contribution in [1.29, 1.82) is 0 Å². The quantitative estimate of drug-likeness (QED) is 0.286. The first-order valence-electron chi connectivity index (χ1n) is 16.8. The van der Waals surface area contributed by atoms with Crippen molar-refractivity contribution in [2.45, 2.75) is 102 Å². The van der Waals surface area contributed by atoms with Gasteiger partial charge in [0.25, 0.3) is 5.91 Å². The van der Waals surface area contributed by atoms with E-state index in [9.17, 15) is 27.6 Å². The third-order valence-electron chi connectivity index (χ3n) is 9.17. The highest BCUT2D eigenvalue weighted by atomic mass is 35.5. The highest BCUT2D eigenvalue weighted by Gasteiger charge is 2.62. The maximum absolute atomic E-state index is 14.4. The summed E-state index contributed by atoms with van der Waals surface area (Å²) < 4.78 is 44.8. The molecule has 16 heteroatoms. The van der Waals surface area contributed by atoms with Crippen molar-refractivity contribution >= 4 is 56.2 Å². The predicted octanol–water partition coefficient (Wildman–Crippen LogP) is 3.85. The Morgan fingerprint density at radius 3 is 2.35 bits per heavy atom. The van der Waals surface area contributed by atoms with Crippen molar-refractivity contribution < 1.29 is 41.8 Å². The molecule has 2 saturated carbocycles. The van der Waals surface area contributed by atoms with Crippen molar-refractivity contribution in [3.8, 4) is 11.6 Å². The molecule has 0 spiro atoms. The van der Waals surface area contributed by atoms with Gasteiger partial charge < -0.3 is 29.7 Å². The van der Waals surface area contributed by atoms with Crippen LogP contribution in [0.4, 0.5) is 4.79 Å². The largest absolute Gasteiger partial charge is 0.495 e. The average Bonchev–Trinajstić information content (AvgIpc) is 3.95. The third-order valence-corrected chi connectivity index (χ3v) is 11.3. The molecule has 5 unspecified atom stereocenters. The maximum Gasteiger partial charge on any atom is 0.408 e. The first-order chi connectivity index (χ1) is 23.7. The van der Waals surface area contributed by atoms with Gasteiger partial charge in [-0.1, -0.05) is 38.4 Å². The normalized spacial score (nSPS) is 23.9. The Morgan fingerprint density at radius 2 is 1.78 bits per heavy atom. The number of benzene rings is 1. The van der Waals surface area contributed by atoms with Gasteiger partial charge in [0.1, 0.15) is 35.1 Å². The summed E-state index contributed by atoms with van der Waals surface area (Å²) in [6.45, 7) is 14.1. The van der Waals surface area contributed by atoms with Crippen LogP contribution in [0.15, 0.2) is 37.1 Å². The Bertz CT molecular complexity index is 1850. The zero-order valence-electron chi connectivity index (χ0n) is 29.9. The lowest BCUT2D eigenvalue weighted by molar-refractivity contribution is -0.143. The number of pyridine rings is 1. The molecule has 51 heavy (non-hydrogen) atoms. The molecule has 1 aromatic carbocycles. The van der Waals surface area contributed by atoms with E-state index >= 15 is 0 Å². The molecule has 1 saturated heterocycles. The van der Waals surface area contributed by atoms with Crippen LogP contribution in [0.2, 0.25) is 5.02 Å². The highest BCUT2D eigenvalue weighted by molar-refractivity contribution is 7.91. The molecule has 3 N–H and O–H groups in total. The molecular weight excluding hydrogens is 702 g/mol. The van der Waals surface area contributed by atoms with Crippen LogP contribution in [0.5, 0.6) is 11.6 Å². The van der Waals surface area contributed by atoms with E-state index in [0.717, 1.165) is 0 Å². The Balaban J connectivity index is 1.46. The van der Waals surface area contributed by atoms with Crippen LogP contribution < -0.4 is 24.8 Å². The number of hydrogen-bond donors (Lipinski definition) is 3. The number of aromatic nitrogens is 1. The van der Waals surface area contributed by atoms with Crippen LogP contribution >= 0.6 is 11.6 Å². The van der Waals surface area contributed by atoms with Crippen molar-refractivity contribution in [3.63, 3.8) is 0 Å². The number of nitrogens with one attached hydrogen (secondary N) is 3. The molecule has 3 aliphatic rings. The SMILES string of the molecule is C=CC1CC1(NC(=O)C1CC(Oc2nccc3c(OC)c(Cl)ccc23)CN1C(=O)C(NC(=O)OC(C)(C)C)C(C)(C)C)C(=O)NS(=O)(=O)C1CC1. The van der Waals surface area contributed by atoms with E-state index in [1.165, 1.54) is 24.3 Å². The zero-order valence-corrected chi connectivity index (χ0v) is 31.4. The molecule has 0 bridgehead atoms. The lowest BCUT2D eigenvalue weighted by atomic mass is 9.85. The smallest absolute Gasteiger partial charge is 0.408 e. The summed E-state index contributed by atoms with van der Waals surface area (Å²) in [5.74, 6) is -2.02. The van der Waals surface area contributed by atoms with E-state index < -0.39 is 79.7 Å². The van der Waals surface area contributed by atoms with E-state index in [1.54, 1.807) is 59.7 Å². The number of amides is 4. The van der Waals surface area contributed by atoms with Gasteiger partial charge in [0.15, 0.2) is 0 Å². The van der Waals surface area contributed by atoms with Crippen LogP contribution in [0, 0.1) is 11.3 Å². The second-order valence-electron chi connectivity index (χ2n) is 15.4. The maximum atomic E-state index is 14.4. The number of carbonyl (C=O) groups is 4. The number of likely N-dealkylation sites (tertiary alicyclic amines) is 1. The number of rotatable bonds is 11. The van der Waals surface area contributed by atoms with Crippen molar-refractivity contribution in [2.75, 3.05) is 13.7 Å². The number of nitrogens with zero attached hydrogens (tertiary/aromatic N) is 2. The number of methoxy groups -OCH3 is 1. The van der Waals surface area contributed by atoms with Gasteiger partial charge in [-0.2, -0.15) is 0 Å².